The molecule has 2 saturated heterocycles. The summed E-state index contributed by atoms with van der Waals surface area (Å²) in [5, 5.41) is 0. The SMILES string of the molecule is Cc1ccc(-c2ccc(O[C@H]3CCN4CCC[C@H]3C4)cn2)s1. The maximum absolute atomic E-state index is 6.25. The van der Waals surface area contributed by atoms with E-state index in [1.807, 2.05) is 6.20 Å². The van der Waals surface area contributed by atoms with Gasteiger partial charge >= 0.3 is 0 Å². The monoisotopic (exact) mass is 314 g/mol. The minimum absolute atomic E-state index is 0.369. The van der Waals surface area contributed by atoms with Crippen LogP contribution in [0.15, 0.2) is 30.5 Å². The molecule has 2 aliphatic rings. The number of ether oxygens (including phenoxy) is 1. The molecule has 0 amide bonds. The van der Waals surface area contributed by atoms with Crippen LogP contribution in [0.2, 0.25) is 0 Å². The smallest absolute Gasteiger partial charge is 0.138 e. The molecule has 0 radical (unpaired) electrons. The maximum Gasteiger partial charge on any atom is 0.138 e. The van der Waals surface area contributed by atoms with Gasteiger partial charge in [0.2, 0.25) is 0 Å². The molecule has 4 rings (SSSR count). The Labute approximate surface area is 135 Å². The van der Waals surface area contributed by atoms with E-state index >= 15 is 0 Å². The molecule has 2 bridgehead atoms. The molecule has 3 nitrogen and oxygen atoms in total. The summed E-state index contributed by atoms with van der Waals surface area (Å²) in [5.74, 6) is 1.61. The second kappa shape index (κ2) is 6.01. The Morgan fingerprint density at radius 1 is 1.18 bits per heavy atom. The molecule has 0 N–H and O–H groups in total. The number of pyridine rings is 1. The summed E-state index contributed by atoms with van der Waals surface area (Å²) in [6, 6.07) is 8.44. The highest BCUT2D eigenvalue weighted by atomic mass is 32.1. The predicted molar refractivity (Wildman–Crippen MR) is 90.5 cm³/mol. The van der Waals surface area contributed by atoms with Crippen molar-refractivity contribution in [2.24, 2.45) is 5.92 Å². The highest BCUT2D eigenvalue weighted by molar-refractivity contribution is 7.15. The van der Waals surface area contributed by atoms with Gasteiger partial charge in [-0.25, -0.2) is 0 Å². The van der Waals surface area contributed by atoms with E-state index in [0.29, 0.717) is 12.0 Å². The molecule has 1 unspecified atom stereocenters. The van der Waals surface area contributed by atoms with Crippen LogP contribution in [0, 0.1) is 12.8 Å². The van der Waals surface area contributed by atoms with E-state index in [-0.39, 0.29) is 0 Å². The molecular weight excluding hydrogens is 292 g/mol. The zero-order valence-electron chi connectivity index (χ0n) is 13.0. The van der Waals surface area contributed by atoms with Gasteiger partial charge in [-0.3, -0.25) is 4.98 Å². The Balaban J connectivity index is 1.45. The third kappa shape index (κ3) is 2.90. The third-order valence-electron chi connectivity index (χ3n) is 4.81. The molecule has 2 aliphatic heterocycles. The molecule has 2 fully saturated rings. The van der Waals surface area contributed by atoms with Crippen molar-refractivity contribution in [3.05, 3.63) is 35.3 Å². The van der Waals surface area contributed by atoms with Crippen LogP contribution in [0.4, 0.5) is 0 Å². The van der Waals surface area contributed by atoms with E-state index in [1.165, 1.54) is 42.2 Å². The zero-order valence-corrected chi connectivity index (χ0v) is 13.8. The van der Waals surface area contributed by atoms with Crippen molar-refractivity contribution in [3.8, 4) is 16.3 Å². The summed E-state index contributed by atoms with van der Waals surface area (Å²) in [4.78, 5) is 9.71. The van der Waals surface area contributed by atoms with Crippen LogP contribution in [0.1, 0.15) is 24.1 Å². The largest absolute Gasteiger partial charge is 0.488 e. The number of hydrogen-bond acceptors (Lipinski definition) is 4. The van der Waals surface area contributed by atoms with Crippen molar-refractivity contribution >= 4 is 11.3 Å². The highest BCUT2D eigenvalue weighted by Gasteiger charge is 2.33. The molecule has 116 valence electrons. The molecule has 4 heterocycles. The van der Waals surface area contributed by atoms with Gasteiger partial charge < -0.3 is 9.64 Å². The van der Waals surface area contributed by atoms with Crippen LogP contribution in [0.25, 0.3) is 10.6 Å². The van der Waals surface area contributed by atoms with Crippen LogP contribution >= 0.6 is 11.3 Å². The minimum Gasteiger partial charge on any atom is -0.488 e. The van der Waals surface area contributed by atoms with Gasteiger partial charge in [0.15, 0.2) is 0 Å². The average Bonchev–Trinajstić information content (AvgIpc) is 2.98. The lowest BCUT2D eigenvalue weighted by Gasteiger charge is -2.42. The molecule has 0 saturated carbocycles. The summed E-state index contributed by atoms with van der Waals surface area (Å²) in [5.41, 5.74) is 1.04. The molecule has 22 heavy (non-hydrogen) atoms. The average molecular weight is 314 g/mol. The molecule has 0 aromatic carbocycles. The summed E-state index contributed by atoms with van der Waals surface area (Å²) >= 11 is 1.79. The van der Waals surface area contributed by atoms with Gasteiger partial charge in [-0.15, -0.1) is 11.3 Å². The van der Waals surface area contributed by atoms with Crippen molar-refractivity contribution in [2.75, 3.05) is 19.6 Å². The van der Waals surface area contributed by atoms with Crippen LogP contribution in [0.5, 0.6) is 5.75 Å². The first kappa shape index (κ1) is 14.2. The first-order chi connectivity index (χ1) is 10.8. The lowest BCUT2D eigenvalue weighted by molar-refractivity contribution is 0.0150. The lowest BCUT2D eigenvalue weighted by atomic mass is 9.87. The molecule has 0 spiro atoms. The summed E-state index contributed by atoms with van der Waals surface area (Å²) in [6.07, 6.45) is 6.03. The van der Waals surface area contributed by atoms with Gasteiger partial charge in [-0.05, 0) is 57.0 Å². The quantitative estimate of drug-likeness (QED) is 0.857. The molecule has 0 aliphatic carbocycles. The Kier molecular flexibility index (Phi) is 3.89. The molecule has 2 aromatic heterocycles. The lowest BCUT2D eigenvalue weighted by Crippen LogP contribution is -2.48. The van der Waals surface area contributed by atoms with E-state index < -0.39 is 0 Å². The molecule has 4 heteroatoms. The van der Waals surface area contributed by atoms with Crippen molar-refractivity contribution < 1.29 is 4.74 Å². The predicted octanol–water partition coefficient (Wildman–Crippen LogP) is 3.98. The van der Waals surface area contributed by atoms with E-state index in [9.17, 15) is 0 Å². The second-order valence-electron chi connectivity index (χ2n) is 6.44. The van der Waals surface area contributed by atoms with Gasteiger partial charge in [-0.2, -0.15) is 0 Å². The topological polar surface area (TPSA) is 25.4 Å². The number of piperidine rings is 2. The number of aromatic nitrogens is 1. The van der Waals surface area contributed by atoms with Gasteiger partial charge in [0.25, 0.3) is 0 Å². The van der Waals surface area contributed by atoms with Crippen LogP contribution < -0.4 is 4.74 Å². The van der Waals surface area contributed by atoms with Crippen molar-refractivity contribution in [1.29, 1.82) is 0 Å². The number of thiophene rings is 1. The molecule has 3 atom stereocenters. The molecular formula is C18H22N2OS. The fourth-order valence-corrected chi connectivity index (χ4v) is 4.49. The highest BCUT2D eigenvalue weighted by Crippen LogP contribution is 2.31. The fraction of sp³-hybridized carbons (Fsp3) is 0.500. The number of rotatable bonds is 3. The number of aryl methyl sites for hydroxylation is 1. The summed E-state index contributed by atoms with van der Waals surface area (Å²) in [6.45, 7) is 5.80. The normalized spacial score (nSPS) is 27.6. The van der Waals surface area contributed by atoms with Crippen LogP contribution in [-0.4, -0.2) is 35.6 Å². The first-order valence-electron chi connectivity index (χ1n) is 8.20. The Hall–Kier alpha value is -1.39. The second-order valence-corrected chi connectivity index (χ2v) is 7.73. The standard InChI is InChI=1S/C18H22N2OS/c1-13-4-7-18(22-13)16-6-5-15(11-19-16)21-17-8-10-20-9-2-3-14(17)12-20/h4-7,11,14,17H,2-3,8-10,12H2,1H3/t14-,17-/m0/s1. The Bertz CT molecular complexity index is 637. The van der Waals surface area contributed by atoms with Gasteiger partial charge in [0, 0.05) is 23.9 Å². The molecule has 2 aromatic rings. The third-order valence-corrected chi connectivity index (χ3v) is 5.84. The number of fused-ring (bicyclic) bond motifs is 2. The Morgan fingerprint density at radius 2 is 2.14 bits per heavy atom. The Morgan fingerprint density at radius 3 is 2.91 bits per heavy atom. The maximum atomic E-state index is 6.25. The summed E-state index contributed by atoms with van der Waals surface area (Å²) < 4.78 is 6.25. The van der Waals surface area contributed by atoms with Gasteiger partial charge in [-0.1, -0.05) is 0 Å². The van der Waals surface area contributed by atoms with E-state index in [0.717, 1.165) is 17.9 Å². The van der Waals surface area contributed by atoms with Crippen molar-refractivity contribution in [2.45, 2.75) is 32.3 Å². The van der Waals surface area contributed by atoms with E-state index in [1.54, 1.807) is 11.3 Å². The first-order valence-corrected chi connectivity index (χ1v) is 9.01. The van der Waals surface area contributed by atoms with E-state index in [2.05, 4.69) is 41.1 Å². The van der Waals surface area contributed by atoms with Crippen molar-refractivity contribution in [1.82, 2.24) is 9.88 Å². The van der Waals surface area contributed by atoms with Crippen molar-refractivity contribution in [3.63, 3.8) is 0 Å². The van der Waals surface area contributed by atoms with Crippen LogP contribution in [0.3, 0.4) is 0 Å². The number of hydrogen-bond donors (Lipinski definition) is 0. The van der Waals surface area contributed by atoms with Gasteiger partial charge in [0.05, 0.1) is 16.8 Å². The fourth-order valence-electron chi connectivity index (χ4n) is 3.64. The van der Waals surface area contributed by atoms with Crippen LogP contribution in [-0.2, 0) is 0 Å². The zero-order chi connectivity index (χ0) is 14.9. The summed E-state index contributed by atoms with van der Waals surface area (Å²) in [7, 11) is 0. The van der Waals surface area contributed by atoms with E-state index in [4.69, 9.17) is 4.74 Å². The number of nitrogens with zero attached hydrogens (tertiary/aromatic N) is 2. The van der Waals surface area contributed by atoms with Gasteiger partial charge in [0.1, 0.15) is 11.9 Å². The minimum atomic E-state index is 0.369.